The van der Waals surface area contributed by atoms with E-state index in [-0.39, 0.29) is 11.9 Å². The third kappa shape index (κ3) is 4.69. The molecule has 0 atom stereocenters. The highest BCUT2D eigenvalue weighted by molar-refractivity contribution is 6.30. The number of carbonyl (C=O) groups is 1. The molecule has 1 aromatic rings. The largest absolute Gasteiger partial charge is 0.350 e. The van der Waals surface area contributed by atoms with E-state index in [1.165, 1.54) is 0 Å². The van der Waals surface area contributed by atoms with Crippen LogP contribution in [0.25, 0.3) is 6.08 Å². The van der Waals surface area contributed by atoms with Crippen molar-refractivity contribution in [1.82, 2.24) is 5.32 Å². The summed E-state index contributed by atoms with van der Waals surface area (Å²) in [5.41, 5.74) is 6.80. The van der Waals surface area contributed by atoms with Gasteiger partial charge in [-0.2, -0.15) is 0 Å². The molecule has 19 heavy (non-hydrogen) atoms. The SMILES string of the molecule is NC1CCC(NC(=O)C=Cc2ccc(Cl)cc2)CC1. The number of benzene rings is 1. The van der Waals surface area contributed by atoms with Crippen molar-refractivity contribution in [3.63, 3.8) is 0 Å². The van der Waals surface area contributed by atoms with Crippen molar-refractivity contribution in [1.29, 1.82) is 0 Å². The summed E-state index contributed by atoms with van der Waals surface area (Å²) >= 11 is 5.80. The Morgan fingerprint density at radius 3 is 2.47 bits per heavy atom. The van der Waals surface area contributed by atoms with Gasteiger partial charge in [0.25, 0.3) is 0 Å². The van der Waals surface area contributed by atoms with Gasteiger partial charge in [0.1, 0.15) is 0 Å². The first-order valence-electron chi connectivity index (χ1n) is 6.63. The van der Waals surface area contributed by atoms with Gasteiger partial charge in [-0.1, -0.05) is 23.7 Å². The maximum Gasteiger partial charge on any atom is 0.244 e. The molecule has 1 fully saturated rings. The topological polar surface area (TPSA) is 55.1 Å². The van der Waals surface area contributed by atoms with Crippen LogP contribution in [0.5, 0.6) is 0 Å². The molecular weight excluding hydrogens is 260 g/mol. The van der Waals surface area contributed by atoms with Gasteiger partial charge in [-0.15, -0.1) is 0 Å². The first-order valence-corrected chi connectivity index (χ1v) is 7.01. The predicted octanol–water partition coefficient (Wildman–Crippen LogP) is 2.74. The zero-order valence-corrected chi connectivity index (χ0v) is 11.6. The minimum Gasteiger partial charge on any atom is -0.350 e. The Morgan fingerprint density at radius 2 is 1.84 bits per heavy atom. The first-order chi connectivity index (χ1) is 9.13. The fraction of sp³-hybridized carbons (Fsp3) is 0.400. The summed E-state index contributed by atoms with van der Waals surface area (Å²) in [6.45, 7) is 0. The van der Waals surface area contributed by atoms with Crippen LogP contribution in [0, 0.1) is 0 Å². The average molecular weight is 279 g/mol. The molecule has 1 amide bonds. The van der Waals surface area contributed by atoms with Gasteiger partial charge in [-0.3, -0.25) is 4.79 Å². The summed E-state index contributed by atoms with van der Waals surface area (Å²) in [7, 11) is 0. The average Bonchev–Trinajstić information content (AvgIpc) is 2.41. The van der Waals surface area contributed by atoms with Gasteiger partial charge in [-0.05, 0) is 49.5 Å². The molecule has 3 nitrogen and oxygen atoms in total. The third-order valence-corrected chi connectivity index (χ3v) is 3.67. The molecule has 3 N–H and O–H groups in total. The van der Waals surface area contributed by atoms with E-state index >= 15 is 0 Å². The first kappa shape index (κ1) is 14.1. The zero-order valence-electron chi connectivity index (χ0n) is 10.8. The highest BCUT2D eigenvalue weighted by Crippen LogP contribution is 2.17. The molecule has 4 heteroatoms. The lowest BCUT2D eigenvalue weighted by molar-refractivity contribution is -0.117. The molecule has 0 aromatic heterocycles. The van der Waals surface area contributed by atoms with Gasteiger partial charge >= 0.3 is 0 Å². The van der Waals surface area contributed by atoms with Gasteiger partial charge in [0, 0.05) is 23.2 Å². The third-order valence-electron chi connectivity index (χ3n) is 3.42. The van der Waals surface area contributed by atoms with Crippen molar-refractivity contribution in [3.8, 4) is 0 Å². The molecule has 1 aliphatic rings. The Bertz CT molecular complexity index is 448. The molecule has 0 unspecified atom stereocenters. The highest BCUT2D eigenvalue weighted by atomic mass is 35.5. The second-order valence-corrected chi connectivity index (χ2v) is 5.44. The number of amides is 1. The lowest BCUT2D eigenvalue weighted by Gasteiger charge is -2.26. The fourth-order valence-corrected chi connectivity index (χ4v) is 2.38. The van der Waals surface area contributed by atoms with E-state index in [1.807, 2.05) is 24.3 Å². The summed E-state index contributed by atoms with van der Waals surface area (Å²) in [6, 6.07) is 7.95. The number of nitrogens with one attached hydrogen (secondary N) is 1. The van der Waals surface area contributed by atoms with Crippen LogP contribution in [0.3, 0.4) is 0 Å². The van der Waals surface area contributed by atoms with Crippen molar-refractivity contribution in [2.45, 2.75) is 37.8 Å². The summed E-state index contributed by atoms with van der Waals surface area (Å²) < 4.78 is 0. The second-order valence-electron chi connectivity index (χ2n) is 5.01. The summed E-state index contributed by atoms with van der Waals surface area (Å²) in [5, 5.41) is 3.71. The van der Waals surface area contributed by atoms with Crippen LogP contribution < -0.4 is 11.1 Å². The fourth-order valence-electron chi connectivity index (χ4n) is 2.26. The van der Waals surface area contributed by atoms with Crippen molar-refractivity contribution >= 4 is 23.6 Å². The lowest BCUT2D eigenvalue weighted by atomic mass is 9.92. The van der Waals surface area contributed by atoms with Gasteiger partial charge in [0.2, 0.25) is 5.91 Å². The zero-order chi connectivity index (χ0) is 13.7. The molecule has 0 aliphatic heterocycles. The van der Waals surface area contributed by atoms with Gasteiger partial charge in [0.15, 0.2) is 0 Å². The van der Waals surface area contributed by atoms with Crippen molar-refractivity contribution < 1.29 is 4.79 Å². The minimum absolute atomic E-state index is 0.0459. The van der Waals surface area contributed by atoms with Crippen LogP contribution in [-0.2, 0) is 4.79 Å². The number of rotatable bonds is 3. The van der Waals surface area contributed by atoms with E-state index < -0.39 is 0 Å². The van der Waals surface area contributed by atoms with Crippen LogP contribution in [0.1, 0.15) is 31.2 Å². The van der Waals surface area contributed by atoms with Crippen LogP contribution in [0.4, 0.5) is 0 Å². The monoisotopic (exact) mass is 278 g/mol. The molecule has 0 heterocycles. The van der Waals surface area contributed by atoms with Crippen LogP contribution in [0.2, 0.25) is 5.02 Å². The molecule has 1 aromatic carbocycles. The number of hydrogen-bond donors (Lipinski definition) is 2. The molecule has 0 saturated heterocycles. The van der Waals surface area contributed by atoms with E-state index in [0.717, 1.165) is 31.2 Å². The summed E-state index contributed by atoms with van der Waals surface area (Å²) in [5.74, 6) is -0.0459. The van der Waals surface area contributed by atoms with E-state index in [2.05, 4.69) is 5.32 Å². The molecule has 1 saturated carbocycles. The van der Waals surface area contributed by atoms with Gasteiger partial charge in [0.05, 0.1) is 0 Å². The van der Waals surface area contributed by atoms with Gasteiger partial charge in [-0.25, -0.2) is 0 Å². The van der Waals surface area contributed by atoms with E-state index in [4.69, 9.17) is 17.3 Å². The second kappa shape index (κ2) is 6.73. The maximum absolute atomic E-state index is 11.8. The molecule has 1 aliphatic carbocycles. The minimum atomic E-state index is -0.0459. The number of hydrogen-bond acceptors (Lipinski definition) is 2. The van der Waals surface area contributed by atoms with E-state index in [1.54, 1.807) is 12.2 Å². The maximum atomic E-state index is 11.8. The Labute approximate surface area is 118 Å². The van der Waals surface area contributed by atoms with Crippen molar-refractivity contribution in [2.24, 2.45) is 5.73 Å². The van der Waals surface area contributed by atoms with Crippen LogP contribution in [0.15, 0.2) is 30.3 Å². The summed E-state index contributed by atoms with van der Waals surface area (Å²) in [6.07, 6.45) is 7.29. The molecule has 0 radical (unpaired) electrons. The standard InChI is InChI=1S/C15H19ClN2O/c16-12-4-1-11(2-5-12)3-10-15(19)18-14-8-6-13(17)7-9-14/h1-5,10,13-14H,6-9,17H2,(H,18,19). The number of carbonyl (C=O) groups excluding carboxylic acids is 1. The highest BCUT2D eigenvalue weighted by Gasteiger charge is 2.18. The van der Waals surface area contributed by atoms with Crippen LogP contribution in [-0.4, -0.2) is 18.0 Å². The Kier molecular flexibility index (Phi) is 5.00. The lowest BCUT2D eigenvalue weighted by Crippen LogP contribution is -2.39. The number of nitrogens with two attached hydrogens (primary N) is 1. The molecule has 0 spiro atoms. The van der Waals surface area contributed by atoms with Crippen LogP contribution >= 0.6 is 11.6 Å². The molecular formula is C15H19ClN2O. The Balaban J connectivity index is 1.82. The van der Waals surface area contributed by atoms with E-state index in [0.29, 0.717) is 11.1 Å². The Hall–Kier alpha value is -1.32. The Morgan fingerprint density at radius 1 is 1.21 bits per heavy atom. The number of halogens is 1. The van der Waals surface area contributed by atoms with Gasteiger partial charge < -0.3 is 11.1 Å². The molecule has 2 rings (SSSR count). The normalized spacial score (nSPS) is 23.5. The molecule has 102 valence electrons. The quantitative estimate of drug-likeness (QED) is 0.836. The predicted molar refractivity (Wildman–Crippen MR) is 78.9 cm³/mol. The van der Waals surface area contributed by atoms with Crippen molar-refractivity contribution in [3.05, 3.63) is 40.9 Å². The summed E-state index contributed by atoms with van der Waals surface area (Å²) in [4.78, 5) is 11.8. The van der Waals surface area contributed by atoms with Crippen molar-refractivity contribution in [2.75, 3.05) is 0 Å². The van der Waals surface area contributed by atoms with E-state index in [9.17, 15) is 4.79 Å². The smallest absolute Gasteiger partial charge is 0.244 e. The molecule has 0 bridgehead atoms.